The number of carbonyl (C=O) groups excluding carboxylic acids is 1. The lowest BCUT2D eigenvalue weighted by molar-refractivity contribution is 0.184. The fourth-order valence-electron chi connectivity index (χ4n) is 4.03. The first kappa shape index (κ1) is 42.0. The predicted octanol–water partition coefficient (Wildman–Crippen LogP) is 1.35. The van der Waals surface area contributed by atoms with Crippen LogP contribution in [0.4, 0.5) is 10.5 Å². The van der Waals surface area contributed by atoms with Crippen molar-refractivity contribution in [2.45, 2.75) is 39.2 Å². The highest BCUT2D eigenvalue weighted by molar-refractivity contribution is 7.45. The molecule has 0 radical (unpaired) electrons. The molecule has 22 heteroatoms. The number of aliphatic hydroxyl groups excluding tert-OH is 1. The molecule has 0 fully saturated rings. The van der Waals surface area contributed by atoms with Crippen LogP contribution in [0.2, 0.25) is 0 Å². The smallest absolute Gasteiger partial charge is 0.466 e. The maximum Gasteiger partial charge on any atom is 0.466 e. The Morgan fingerprint density at radius 1 is 0.911 bits per heavy atom. The van der Waals surface area contributed by atoms with E-state index >= 15 is 0 Å². The average molecular weight is 702 g/mol. The predicted molar refractivity (Wildman–Crippen MR) is 159 cm³/mol. The van der Waals surface area contributed by atoms with Gasteiger partial charge < -0.3 is 59.6 Å². The first-order valence-electron chi connectivity index (χ1n) is 12.1. The van der Waals surface area contributed by atoms with Crippen molar-refractivity contribution < 1.29 is 72.4 Å². The van der Waals surface area contributed by atoms with Gasteiger partial charge in [-0.15, -0.1) is 0 Å². The molecule has 3 rings (SSSR count). The number of amides is 2. The van der Waals surface area contributed by atoms with E-state index in [-0.39, 0.29) is 17.6 Å². The molecule has 2 aromatic heterocycles. The number of anilines is 1. The fourth-order valence-corrected chi connectivity index (χ4v) is 4.03. The van der Waals surface area contributed by atoms with E-state index in [2.05, 4.69) is 9.97 Å². The lowest BCUT2D eigenvalue weighted by atomic mass is 9.73. The largest absolute Gasteiger partial charge is 0.512 e. The summed E-state index contributed by atoms with van der Waals surface area (Å²) in [5.41, 5.74) is 6.73. The number of methoxy groups -OCH3 is 1. The second-order valence-corrected chi connectivity index (χ2v) is 13.1. The normalized spacial score (nSPS) is 16.8. The maximum atomic E-state index is 12.8. The lowest BCUT2D eigenvalue weighted by Gasteiger charge is -2.46. The van der Waals surface area contributed by atoms with Crippen LogP contribution in [0.5, 0.6) is 0 Å². The third-order valence-electron chi connectivity index (χ3n) is 5.33. The molecule has 0 saturated heterocycles. The van der Waals surface area contributed by atoms with E-state index < -0.39 is 35.0 Å². The minimum absolute atomic E-state index is 0.152. The van der Waals surface area contributed by atoms with Gasteiger partial charge in [-0.3, -0.25) is 14.9 Å². The Morgan fingerprint density at radius 2 is 1.38 bits per heavy atom. The van der Waals surface area contributed by atoms with E-state index in [1.165, 1.54) is 4.90 Å². The summed E-state index contributed by atoms with van der Waals surface area (Å²) in [6.45, 7) is 6.06. The van der Waals surface area contributed by atoms with Crippen molar-refractivity contribution in [2.75, 3.05) is 12.0 Å². The third-order valence-corrected chi connectivity index (χ3v) is 5.33. The number of carbonyl (C=O) groups is 1. The molecule has 1 aliphatic carbocycles. The lowest BCUT2D eigenvalue weighted by Crippen LogP contribution is -2.58. The van der Waals surface area contributed by atoms with Gasteiger partial charge in [-0.25, -0.2) is 18.5 Å². The Balaban J connectivity index is 0.00000107. The van der Waals surface area contributed by atoms with Crippen molar-refractivity contribution in [1.82, 2.24) is 9.97 Å². The molecule has 0 saturated carbocycles. The molecule has 254 valence electrons. The van der Waals surface area contributed by atoms with E-state index in [0.29, 0.717) is 17.9 Å². The first-order chi connectivity index (χ1) is 20.2. The van der Waals surface area contributed by atoms with E-state index in [9.17, 15) is 9.90 Å². The van der Waals surface area contributed by atoms with Crippen LogP contribution in [-0.2, 0) is 24.9 Å². The second kappa shape index (κ2) is 17.1. The monoisotopic (exact) mass is 702 g/mol. The number of pyridine rings is 2. The number of urea groups is 1. The van der Waals surface area contributed by atoms with Crippen molar-refractivity contribution in [3.63, 3.8) is 0 Å². The van der Waals surface area contributed by atoms with Crippen molar-refractivity contribution in [1.29, 1.82) is 0 Å². The first-order valence-corrected chi connectivity index (χ1v) is 16.8. The molecule has 19 nitrogen and oxygen atoms in total. The SMILES string of the molecule is COC1=CC(C(C)(C)C)=C(O)CC1(Cc1ccncc1)N(C(N)=O)c1cccnc1.O=P(O)(O)O.O=P(O)(O)O.O=P(O)(O)O. The van der Waals surface area contributed by atoms with E-state index in [1.54, 1.807) is 44.0 Å². The maximum absolute atomic E-state index is 12.8. The summed E-state index contributed by atoms with van der Waals surface area (Å²) in [4.78, 5) is 87.1. The Morgan fingerprint density at radius 3 is 1.73 bits per heavy atom. The summed E-state index contributed by atoms with van der Waals surface area (Å²) in [5.74, 6) is 0.747. The van der Waals surface area contributed by atoms with E-state index in [1.807, 2.05) is 39.0 Å². The number of aliphatic hydroxyl groups is 1. The number of nitrogens with zero attached hydrogens (tertiary/aromatic N) is 3. The third kappa shape index (κ3) is 17.9. The van der Waals surface area contributed by atoms with Gasteiger partial charge in [0.25, 0.3) is 0 Å². The van der Waals surface area contributed by atoms with Gasteiger partial charge in [0.1, 0.15) is 11.3 Å². The number of hydrogen-bond acceptors (Lipinski definition) is 8. The number of nitrogens with two attached hydrogens (primary N) is 1. The highest BCUT2D eigenvalue weighted by Gasteiger charge is 2.49. The van der Waals surface area contributed by atoms with Crippen LogP contribution in [0, 0.1) is 5.41 Å². The molecule has 1 atom stereocenters. The molecule has 0 aliphatic heterocycles. The molecule has 45 heavy (non-hydrogen) atoms. The summed E-state index contributed by atoms with van der Waals surface area (Å²) in [7, 11) is -12.3. The molecule has 2 aromatic rings. The number of aromatic nitrogens is 2. The zero-order chi connectivity index (χ0) is 35.4. The van der Waals surface area contributed by atoms with Crippen LogP contribution in [0.15, 0.2) is 72.2 Å². The Kier molecular flexibility index (Phi) is 15.9. The van der Waals surface area contributed by atoms with Crippen LogP contribution < -0.4 is 10.6 Å². The Bertz CT molecular complexity index is 1380. The molecule has 1 unspecified atom stereocenters. The van der Waals surface area contributed by atoms with Gasteiger partial charge in [0.15, 0.2) is 0 Å². The van der Waals surface area contributed by atoms with Crippen LogP contribution in [0.1, 0.15) is 32.8 Å². The Labute approximate surface area is 257 Å². The van der Waals surface area contributed by atoms with Crippen LogP contribution in [-0.4, -0.2) is 77.8 Å². The minimum atomic E-state index is -4.64. The van der Waals surface area contributed by atoms with Crippen LogP contribution in [0.3, 0.4) is 0 Å². The fraction of sp³-hybridized carbons (Fsp3) is 0.348. The topological polar surface area (TPSA) is 335 Å². The summed E-state index contributed by atoms with van der Waals surface area (Å²) in [6.07, 6.45) is 8.93. The van der Waals surface area contributed by atoms with Gasteiger partial charge in [-0.05, 0) is 46.9 Å². The van der Waals surface area contributed by atoms with Gasteiger partial charge >= 0.3 is 29.5 Å². The summed E-state index contributed by atoms with van der Waals surface area (Å²) < 4.78 is 32.5. The van der Waals surface area contributed by atoms with Crippen LogP contribution in [0.25, 0.3) is 0 Å². The highest BCUT2D eigenvalue weighted by Crippen LogP contribution is 2.45. The van der Waals surface area contributed by atoms with Gasteiger partial charge in [0.05, 0.1) is 24.8 Å². The summed E-state index contributed by atoms with van der Waals surface area (Å²) >= 11 is 0. The molecular weight excluding hydrogens is 665 g/mol. The van der Waals surface area contributed by atoms with Gasteiger partial charge in [-0.2, -0.15) is 0 Å². The zero-order valence-corrected chi connectivity index (χ0v) is 27.1. The van der Waals surface area contributed by atoms with E-state index in [0.717, 1.165) is 11.1 Å². The number of primary amides is 1. The molecule has 12 N–H and O–H groups in total. The standard InChI is InChI=1S/C23H28N4O3.3H3O4P/c1-22(2,3)18-12-20(30-4)23(14-19(18)28,13-16-7-10-25-11-8-16)27(21(24)29)17-6-5-9-26-15-17;3*1-5(2,3)4/h5-12,15,28H,13-14H2,1-4H3,(H2,24,29);3*(H3,1,2,3,4). The highest BCUT2D eigenvalue weighted by atomic mass is 31.2. The minimum Gasteiger partial charge on any atom is -0.512 e. The van der Waals surface area contributed by atoms with Gasteiger partial charge in [0, 0.05) is 31.4 Å². The summed E-state index contributed by atoms with van der Waals surface area (Å²) in [5, 5.41) is 11.1. The number of ether oxygens (including phenoxy) is 1. The number of phosphoric acid groups is 3. The van der Waals surface area contributed by atoms with E-state index in [4.69, 9.17) is 68.2 Å². The Hall–Kier alpha value is -3.02. The number of allylic oxidation sites excluding steroid dienone is 2. The van der Waals surface area contributed by atoms with Crippen LogP contribution >= 0.6 is 23.5 Å². The molecule has 0 aromatic carbocycles. The van der Waals surface area contributed by atoms with Gasteiger partial charge in [0.2, 0.25) is 0 Å². The van der Waals surface area contributed by atoms with Gasteiger partial charge in [-0.1, -0.05) is 20.8 Å². The number of rotatable bonds is 5. The molecule has 0 spiro atoms. The second-order valence-electron chi connectivity index (χ2n) is 9.99. The number of hydrogen-bond donors (Lipinski definition) is 11. The molecule has 2 heterocycles. The molecule has 1 aliphatic rings. The molecule has 2 amide bonds. The quantitative estimate of drug-likeness (QED) is 0.196. The van der Waals surface area contributed by atoms with Crippen molar-refractivity contribution in [2.24, 2.45) is 11.1 Å². The zero-order valence-electron chi connectivity index (χ0n) is 24.4. The molecular formula is C23H37N4O15P3. The average Bonchev–Trinajstić information content (AvgIpc) is 2.81. The summed E-state index contributed by atoms with van der Waals surface area (Å²) in [6, 6.07) is 6.58. The molecule has 0 bridgehead atoms. The van der Waals surface area contributed by atoms with Crippen molar-refractivity contribution in [3.05, 3.63) is 77.8 Å². The van der Waals surface area contributed by atoms with Crippen molar-refractivity contribution in [3.8, 4) is 0 Å². The van der Waals surface area contributed by atoms with Crippen molar-refractivity contribution >= 4 is 35.2 Å².